The van der Waals surface area contributed by atoms with Gasteiger partial charge >= 0.3 is 0 Å². The van der Waals surface area contributed by atoms with E-state index in [9.17, 15) is 5.26 Å². The highest BCUT2D eigenvalue weighted by Crippen LogP contribution is 2.29. The van der Waals surface area contributed by atoms with E-state index in [1.54, 1.807) is 0 Å². The van der Waals surface area contributed by atoms with Crippen molar-refractivity contribution in [3.63, 3.8) is 0 Å². The van der Waals surface area contributed by atoms with E-state index in [4.69, 9.17) is 16.3 Å². The minimum Gasteiger partial charge on any atom is -0.489 e. The van der Waals surface area contributed by atoms with Gasteiger partial charge in [0.1, 0.15) is 23.5 Å². The number of para-hydroxylation sites is 1. The third kappa shape index (κ3) is 3.29. The predicted molar refractivity (Wildman–Crippen MR) is 93.5 cm³/mol. The quantitative estimate of drug-likeness (QED) is 0.851. The highest BCUT2D eigenvalue weighted by atomic mass is 35.5. The molecule has 1 aliphatic rings. The second kappa shape index (κ2) is 7.06. The maximum absolute atomic E-state index is 9.45. The van der Waals surface area contributed by atoms with Crippen LogP contribution in [0.15, 0.2) is 24.3 Å². The Labute approximate surface area is 146 Å². The first-order chi connectivity index (χ1) is 11.6. The number of aromatic nitrogens is 2. The number of hydrogen-bond donors (Lipinski definition) is 0. The second-order valence-electron chi connectivity index (χ2n) is 5.96. The highest BCUT2D eigenvalue weighted by Gasteiger charge is 2.25. The molecule has 3 rings (SSSR count). The number of nitrogens with zero attached hydrogens (tertiary/aromatic N) is 4. The molecule has 5 nitrogen and oxygen atoms in total. The second-order valence-corrected chi connectivity index (χ2v) is 6.36. The molecule has 6 heteroatoms. The van der Waals surface area contributed by atoms with Crippen molar-refractivity contribution in [2.75, 3.05) is 18.0 Å². The molecule has 1 saturated heterocycles. The van der Waals surface area contributed by atoms with Crippen LogP contribution in [0.3, 0.4) is 0 Å². The zero-order valence-corrected chi connectivity index (χ0v) is 14.5. The van der Waals surface area contributed by atoms with Crippen molar-refractivity contribution in [3.8, 4) is 11.8 Å². The summed E-state index contributed by atoms with van der Waals surface area (Å²) >= 11 is 6.15. The first kappa shape index (κ1) is 16.5. The van der Waals surface area contributed by atoms with Crippen LogP contribution >= 0.6 is 11.6 Å². The maximum atomic E-state index is 9.45. The van der Waals surface area contributed by atoms with E-state index in [1.165, 1.54) is 0 Å². The molecule has 24 heavy (non-hydrogen) atoms. The zero-order valence-electron chi connectivity index (χ0n) is 13.8. The lowest BCUT2D eigenvalue weighted by Gasteiger charge is -2.33. The van der Waals surface area contributed by atoms with Gasteiger partial charge in [-0.1, -0.05) is 23.7 Å². The van der Waals surface area contributed by atoms with Crippen LogP contribution in [0.1, 0.15) is 29.7 Å². The van der Waals surface area contributed by atoms with Gasteiger partial charge < -0.3 is 9.64 Å². The molecule has 1 fully saturated rings. The maximum Gasteiger partial charge on any atom is 0.169 e. The lowest BCUT2D eigenvalue weighted by Crippen LogP contribution is -2.39. The molecule has 0 spiro atoms. The van der Waals surface area contributed by atoms with Crippen LogP contribution < -0.4 is 9.64 Å². The van der Waals surface area contributed by atoms with Crippen molar-refractivity contribution in [2.45, 2.75) is 32.8 Å². The summed E-state index contributed by atoms with van der Waals surface area (Å²) in [6, 6.07) is 9.79. The molecule has 0 atom stereocenters. The Bertz CT molecular complexity index is 779. The fourth-order valence-electron chi connectivity index (χ4n) is 2.86. The lowest BCUT2D eigenvalue weighted by molar-refractivity contribution is 0.171. The summed E-state index contributed by atoms with van der Waals surface area (Å²) in [6.07, 6.45) is 1.82. The summed E-state index contributed by atoms with van der Waals surface area (Å²) in [5.74, 6) is 1.40. The Kier molecular flexibility index (Phi) is 4.86. The number of ether oxygens (including phenoxy) is 1. The SMILES string of the molecule is Cc1nnc(N2CCC(Oc3ccccc3Cl)CC2)c(C#N)c1C. The Hall–Kier alpha value is -2.32. The van der Waals surface area contributed by atoms with E-state index < -0.39 is 0 Å². The lowest BCUT2D eigenvalue weighted by atomic mass is 10.1. The normalized spacial score (nSPS) is 15.2. The van der Waals surface area contributed by atoms with E-state index in [-0.39, 0.29) is 6.10 Å². The van der Waals surface area contributed by atoms with Gasteiger partial charge in [0, 0.05) is 25.9 Å². The summed E-state index contributed by atoms with van der Waals surface area (Å²) in [7, 11) is 0. The Balaban J connectivity index is 1.69. The number of halogens is 1. The molecular weight excluding hydrogens is 324 g/mol. The molecule has 0 saturated carbocycles. The fraction of sp³-hybridized carbons (Fsp3) is 0.389. The molecule has 0 aliphatic carbocycles. The molecule has 0 amide bonds. The average molecular weight is 343 g/mol. The number of nitriles is 1. The van der Waals surface area contributed by atoms with Crippen molar-refractivity contribution in [2.24, 2.45) is 0 Å². The fourth-order valence-corrected chi connectivity index (χ4v) is 3.04. The monoisotopic (exact) mass is 342 g/mol. The largest absolute Gasteiger partial charge is 0.489 e. The molecule has 0 radical (unpaired) electrons. The minimum atomic E-state index is 0.117. The number of hydrogen-bond acceptors (Lipinski definition) is 5. The third-order valence-electron chi connectivity index (χ3n) is 4.42. The van der Waals surface area contributed by atoms with Gasteiger partial charge in [-0.3, -0.25) is 0 Å². The van der Waals surface area contributed by atoms with Crippen LogP contribution in [0.2, 0.25) is 5.02 Å². The average Bonchev–Trinajstić information content (AvgIpc) is 2.60. The van der Waals surface area contributed by atoms with Gasteiger partial charge in [-0.25, -0.2) is 0 Å². The topological polar surface area (TPSA) is 62.0 Å². The summed E-state index contributed by atoms with van der Waals surface area (Å²) in [5, 5.41) is 18.5. The first-order valence-corrected chi connectivity index (χ1v) is 8.38. The van der Waals surface area contributed by atoms with Crippen LogP contribution in [-0.2, 0) is 0 Å². The summed E-state index contributed by atoms with van der Waals surface area (Å²) in [5.41, 5.74) is 2.32. The summed E-state index contributed by atoms with van der Waals surface area (Å²) in [4.78, 5) is 2.12. The van der Waals surface area contributed by atoms with Crippen LogP contribution in [0.25, 0.3) is 0 Å². The van der Waals surface area contributed by atoms with Crippen molar-refractivity contribution < 1.29 is 4.74 Å². The first-order valence-electron chi connectivity index (χ1n) is 8.00. The van der Waals surface area contributed by atoms with Crippen molar-refractivity contribution in [3.05, 3.63) is 46.1 Å². The molecule has 124 valence electrons. The number of piperidine rings is 1. The van der Waals surface area contributed by atoms with Crippen molar-refractivity contribution >= 4 is 17.4 Å². The van der Waals surface area contributed by atoms with E-state index in [0.717, 1.165) is 42.9 Å². The van der Waals surface area contributed by atoms with Gasteiger partial charge in [0.2, 0.25) is 0 Å². The summed E-state index contributed by atoms with van der Waals surface area (Å²) < 4.78 is 6.01. The smallest absolute Gasteiger partial charge is 0.169 e. The number of benzene rings is 1. The van der Waals surface area contributed by atoms with Crippen LogP contribution in [0, 0.1) is 25.2 Å². The van der Waals surface area contributed by atoms with Gasteiger partial charge in [0.15, 0.2) is 5.82 Å². The molecule has 0 N–H and O–H groups in total. The van der Waals surface area contributed by atoms with Gasteiger partial charge in [0.25, 0.3) is 0 Å². The Morgan fingerprint density at radius 1 is 1.21 bits per heavy atom. The molecule has 2 heterocycles. The number of aryl methyl sites for hydroxylation is 1. The molecule has 1 aromatic heterocycles. The molecule has 0 bridgehead atoms. The van der Waals surface area contributed by atoms with Crippen LogP contribution in [0.4, 0.5) is 5.82 Å². The zero-order chi connectivity index (χ0) is 17.1. The Morgan fingerprint density at radius 3 is 2.58 bits per heavy atom. The van der Waals surface area contributed by atoms with Crippen LogP contribution in [0.5, 0.6) is 5.75 Å². The summed E-state index contributed by atoms with van der Waals surface area (Å²) in [6.45, 7) is 5.35. The standard InChI is InChI=1S/C18H19ClN4O/c1-12-13(2)21-22-18(15(12)11-20)23-9-7-14(8-10-23)24-17-6-4-3-5-16(17)19/h3-6,14H,7-10H2,1-2H3. The van der Waals surface area contributed by atoms with Crippen molar-refractivity contribution in [1.82, 2.24) is 10.2 Å². The third-order valence-corrected chi connectivity index (χ3v) is 4.73. The number of anilines is 1. The van der Waals surface area contributed by atoms with Gasteiger partial charge in [-0.05, 0) is 31.5 Å². The molecule has 1 aromatic carbocycles. The van der Waals surface area contributed by atoms with Gasteiger partial charge in [-0.15, -0.1) is 5.10 Å². The van der Waals surface area contributed by atoms with E-state index >= 15 is 0 Å². The Morgan fingerprint density at radius 2 is 1.92 bits per heavy atom. The van der Waals surface area contributed by atoms with E-state index in [2.05, 4.69) is 21.2 Å². The van der Waals surface area contributed by atoms with E-state index in [1.807, 2.05) is 38.1 Å². The van der Waals surface area contributed by atoms with Crippen LogP contribution in [-0.4, -0.2) is 29.4 Å². The van der Waals surface area contributed by atoms with Gasteiger partial charge in [-0.2, -0.15) is 10.4 Å². The minimum absolute atomic E-state index is 0.117. The van der Waals surface area contributed by atoms with Gasteiger partial charge in [0.05, 0.1) is 10.7 Å². The van der Waals surface area contributed by atoms with E-state index in [0.29, 0.717) is 16.4 Å². The predicted octanol–water partition coefficient (Wildman–Crippen LogP) is 3.67. The van der Waals surface area contributed by atoms with Crippen molar-refractivity contribution in [1.29, 1.82) is 5.26 Å². The molecule has 0 unspecified atom stereocenters. The molecule has 1 aliphatic heterocycles. The highest BCUT2D eigenvalue weighted by molar-refractivity contribution is 6.32. The molecule has 2 aromatic rings. The number of rotatable bonds is 3. The molecular formula is C18H19ClN4O.